The van der Waals surface area contributed by atoms with Crippen LogP contribution in [0.1, 0.15) is 32.6 Å². The van der Waals surface area contributed by atoms with Gasteiger partial charge in [0.2, 0.25) is 0 Å². The molecule has 0 aliphatic carbocycles. The molecule has 0 radical (unpaired) electrons. The summed E-state index contributed by atoms with van der Waals surface area (Å²) in [5.74, 6) is 0.585. The number of ether oxygens (including phenoxy) is 1. The summed E-state index contributed by atoms with van der Waals surface area (Å²) in [5, 5.41) is 18.9. The molecule has 2 N–H and O–H groups in total. The Kier molecular flexibility index (Phi) is 6.88. The Balaban J connectivity index is 2.06. The second-order valence-corrected chi connectivity index (χ2v) is 5.61. The Morgan fingerprint density at radius 3 is 2.52 bits per heavy atom. The first-order valence-corrected chi connectivity index (χ1v) is 8.28. The maximum atomic E-state index is 10.7. The standard InChI is InChI=1S/C18H22N4O3/c1-2-3-4-5-12-25-18-13-14(19)6-11-17(18)21-20-15-7-9-16(10-8-15)22(23)24/h6-11,13H,2-5,12,19H2,1H3. The monoisotopic (exact) mass is 342 g/mol. The third-order valence-electron chi connectivity index (χ3n) is 3.57. The summed E-state index contributed by atoms with van der Waals surface area (Å²) < 4.78 is 5.78. The molecular formula is C18H22N4O3. The molecule has 0 saturated heterocycles. The Morgan fingerprint density at radius 2 is 1.84 bits per heavy atom. The van der Waals surface area contributed by atoms with E-state index in [1.54, 1.807) is 30.3 Å². The molecule has 0 heterocycles. The number of nitrogens with two attached hydrogens (primary N) is 1. The Hall–Kier alpha value is -2.96. The van der Waals surface area contributed by atoms with Crippen molar-refractivity contribution in [1.82, 2.24) is 0 Å². The van der Waals surface area contributed by atoms with Crippen LogP contribution in [0.25, 0.3) is 0 Å². The van der Waals surface area contributed by atoms with Gasteiger partial charge in [0, 0.05) is 23.9 Å². The van der Waals surface area contributed by atoms with E-state index in [9.17, 15) is 10.1 Å². The molecule has 0 saturated carbocycles. The van der Waals surface area contributed by atoms with Crippen molar-refractivity contribution in [2.75, 3.05) is 12.3 Å². The molecular weight excluding hydrogens is 320 g/mol. The minimum Gasteiger partial charge on any atom is -0.491 e. The second-order valence-electron chi connectivity index (χ2n) is 5.61. The number of azo groups is 1. The van der Waals surface area contributed by atoms with Crippen LogP contribution in [0, 0.1) is 10.1 Å². The van der Waals surface area contributed by atoms with E-state index >= 15 is 0 Å². The number of unbranched alkanes of at least 4 members (excludes halogenated alkanes) is 3. The van der Waals surface area contributed by atoms with E-state index in [0.29, 0.717) is 29.4 Å². The van der Waals surface area contributed by atoms with E-state index in [1.807, 2.05) is 0 Å². The van der Waals surface area contributed by atoms with E-state index in [-0.39, 0.29) is 5.69 Å². The van der Waals surface area contributed by atoms with Gasteiger partial charge in [-0.05, 0) is 30.7 Å². The predicted octanol–water partition coefficient (Wildman–Crippen LogP) is 5.55. The average molecular weight is 342 g/mol. The number of non-ortho nitro benzene ring substituents is 1. The van der Waals surface area contributed by atoms with Gasteiger partial charge in [-0.25, -0.2) is 0 Å². The van der Waals surface area contributed by atoms with Crippen LogP contribution in [0.2, 0.25) is 0 Å². The summed E-state index contributed by atoms with van der Waals surface area (Å²) in [7, 11) is 0. The molecule has 0 aromatic heterocycles. The normalized spacial score (nSPS) is 10.9. The second kappa shape index (κ2) is 9.36. The van der Waals surface area contributed by atoms with E-state index < -0.39 is 4.92 Å². The molecule has 0 amide bonds. The molecule has 7 heteroatoms. The first-order valence-electron chi connectivity index (χ1n) is 8.28. The van der Waals surface area contributed by atoms with Crippen molar-refractivity contribution in [2.24, 2.45) is 10.2 Å². The minimum atomic E-state index is -0.453. The highest BCUT2D eigenvalue weighted by atomic mass is 16.6. The van der Waals surface area contributed by atoms with Gasteiger partial charge < -0.3 is 10.5 Å². The van der Waals surface area contributed by atoms with Gasteiger partial charge in [-0.3, -0.25) is 10.1 Å². The van der Waals surface area contributed by atoms with Crippen LogP contribution in [-0.2, 0) is 0 Å². The van der Waals surface area contributed by atoms with Gasteiger partial charge >= 0.3 is 0 Å². The molecule has 0 aliphatic rings. The summed E-state index contributed by atoms with van der Waals surface area (Å²) in [5.41, 5.74) is 7.52. The number of nitro groups is 1. The molecule has 2 aromatic rings. The zero-order valence-electron chi connectivity index (χ0n) is 14.2. The van der Waals surface area contributed by atoms with Crippen molar-refractivity contribution >= 4 is 22.7 Å². The van der Waals surface area contributed by atoms with E-state index in [1.165, 1.54) is 25.0 Å². The number of anilines is 1. The lowest BCUT2D eigenvalue weighted by molar-refractivity contribution is -0.384. The number of hydrogen-bond acceptors (Lipinski definition) is 6. The first-order chi connectivity index (χ1) is 12.1. The number of hydrogen-bond donors (Lipinski definition) is 1. The van der Waals surface area contributed by atoms with E-state index in [4.69, 9.17) is 10.5 Å². The van der Waals surface area contributed by atoms with Gasteiger partial charge in [0.15, 0.2) is 0 Å². The van der Waals surface area contributed by atoms with Crippen LogP contribution in [0.15, 0.2) is 52.7 Å². The SMILES string of the molecule is CCCCCCOc1cc(N)ccc1N=Nc1ccc([N+](=O)[O-])cc1. The van der Waals surface area contributed by atoms with Gasteiger partial charge in [-0.15, -0.1) is 5.11 Å². The fraction of sp³-hybridized carbons (Fsp3) is 0.333. The summed E-state index contributed by atoms with van der Waals surface area (Å²) in [6.07, 6.45) is 4.46. The van der Waals surface area contributed by atoms with Crippen molar-refractivity contribution in [3.05, 3.63) is 52.6 Å². The highest BCUT2D eigenvalue weighted by Crippen LogP contribution is 2.31. The molecule has 2 aromatic carbocycles. The van der Waals surface area contributed by atoms with Crippen LogP contribution in [0.5, 0.6) is 5.75 Å². The molecule has 0 atom stereocenters. The highest BCUT2D eigenvalue weighted by molar-refractivity contribution is 5.59. The van der Waals surface area contributed by atoms with Crippen molar-refractivity contribution in [2.45, 2.75) is 32.6 Å². The zero-order valence-corrected chi connectivity index (χ0v) is 14.2. The maximum Gasteiger partial charge on any atom is 0.269 e. The number of rotatable bonds is 9. The lowest BCUT2D eigenvalue weighted by Gasteiger charge is -2.09. The quantitative estimate of drug-likeness (QED) is 0.212. The molecule has 2 rings (SSSR count). The van der Waals surface area contributed by atoms with Crippen LogP contribution in [0.4, 0.5) is 22.7 Å². The van der Waals surface area contributed by atoms with Gasteiger partial charge in [0.1, 0.15) is 11.4 Å². The molecule has 7 nitrogen and oxygen atoms in total. The molecule has 0 aliphatic heterocycles. The third-order valence-corrected chi connectivity index (χ3v) is 3.57. The summed E-state index contributed by atoms with van der Waals surface area (Å²) in [6, 6.07) is 11.1. The average Bonchev–Trinajstić information content (AvgIpc) is 2.61. The fourth-order valence-electron chi connectivity index (χ4n) is 2.19. The smallest absolute Gasteiger partial charge is 0.269 e. The number of nitro benzene ring substituents is 1. The third kappa shape index (κ3) is 5.87. The van der Waals surface area contributed by atoms with E-state index in [2.05, 4.69) is 17.2 Å². The van der Waals surface area contributed by atoms with Gasteiger partial charge in [-0.2, -0.15) is 5.11 Å². The molecule has 25 heavy (non-hydrogen) atoms. The Labute approximate surface area is 146 Å². The maximum absolute atomic E-state index is 10.7. The van der Waals surface area contributed by atoms with Crippen LogP contribution < -0.4 is 10.5 Å². The lowest BCUT2D eigenvalue weighted by Crippen LogP contribution is -1.98. The molecule has 0 unspecified atom stereocenters. The van der Waals surface area contributed by atoms with Crippen molar-refractivity contribution in [3.8, 4) is 5.75 Å². The number of nitrogens with zero attached hydrogens (tertiary/aromatic N) is 3. The molecule has 0 bridgehead atoms. The summed E-state index contributed by atoms with van der Waals surface area (Å²) >= 11 is 0. The number of benzene rings is 2. The Morgan fingerprint density at radius 1 is 1.08 bits per heavy atom. The van der Waals surface area contributed by atoms with E-state index in [0.717, 1.165) is 12.8 Å². The highest BCUT2D eigenvalue weighted by Gasteiger charge is 2.06. The molecule has 0 fully saturated rings. The van der Waals surface area contributed by atoms with Crippen LogP contribution in [-0.4, -0.2) is 11.5 Å². The van der Waals surface area contributed by atoms with Crippen molar-refractivity contribution in [3.63, 3.8) is 0 Å². The largest absolute Gasteiger partial charge is 0.491 e. The van der Waals surface area contributed by atoms with Crippen LogP contribution in [0.3, 0.4) is 0 Å². The number of nitrogen functional groups attached to an aromatic ring is 1. The topological polar surface area (TPSA) is 103 Å². The van der Waals surface area contributed by atoms with Crippen molar-refractivity contribution < 1.29 is 9.66 Å². The summed E-state index contributed by atoms with van der Waals surface area (Å²) in [6.45, 7) is 2.76. The first kappa shape index (κ1) is 18.4. The Bertz CT molecular complexity index is 730. The fourth-order valence-corrected chi connectivity index (χ4v) is 2.19. The lowest BCUT2D eigenvalue weighted by atomic mass is 10.2. The molecule has 132 valence electrons. The summed E-state index contributed by atoms with van der Waals surface area (Å²) in [4.78, 5) is 10.2. The minimum absolute atomic E-state index is 0.0162. The van der Waals surface area contributed by atoms with Gasteiger partial charge in [-0.1, -0.05) is 26.2 Å². The van der Waals surface area contributed by atoms with Gasteiger partial charge in [0.05, 0.1) is 17.2 Å². The zero-order chi connectivity index (χ0) is 18.1. The van der Waals surface area contributed by atoms with Gasteiger partial charge in [0.25, 0.3) is 5.69 Å². The predicted molar refractivity (Wildman–Crippen MR) is 97.8 cm³/mol. The van der Waals surface area contributed by atoms with Crippen LogP contribution >= 0.6 is 0 Å². The molecule has 0 spiro atoms. The van der Waals surface area contributed by atoms with Crippen molar-refractivity contribution in [1.29, 1.82) is 0 Å².